The van der Waals surface area contributed by atoms with Crippen molar-refractivity contribution < 1.29 is 14.7 Å². The molecule has 0 saturated heterocycles. The molecule has 0 aliphatic carbocycles. The predicted molar refractivity (Wildman–Crippen MR) is 76.1 cm³/mol. The number of amides is 1. The molecule has 8 heteroatoms. The zero-order valence-corrected chi connectivity index (χ0v) is 11.7. The molecule has 0 aliphatic rings. The number of carboxylic acids is 1. The van der Waals surface area contributed by atoms with Crippen LogP contribution in [-0.2, 0) is 22.6 Å². The van der Waals surface area contributed by atoms with Gasteiger partial charge in [-0.05, 0) is 18.2 Å². The maximum Gasteiger partial charge on any atom is 0.303 e. The van der Waals surface area contributed by atoms with E-state index in [9.17, 15) is 9.59 Å². The number of nitrogens with one attached hydrogen (secondary N) is 1. The smallest absolute Gasteiger partial charge is 0.303 e. The monoisotopic (exact) mass is 308 g/mol. The molecule has 0 fully saturated rings. The average molecular weight is 309 g/mol. The number of anilines is 1. The summed E-state index contributed by atoms with van der Waals surface area (Å²) < 4.78 is 1.36. The van der Waals surface area contributed by atoms with Gasteiger partial charge in [0.05, 0.1) is 12.1 Å². The molecule has 0 atom stereocenters. The zero-order valence-electron chi connectivity index (χ0n) is 11.0. The van der Waals surface area contributed by atoms with E-state index in [1.54, 1.807) is 30.5 Å². The zero-order chi connectivity index (χ0) is 15.2. The van der Waals surface area contributed by atoms with Crippen LogP contribution in [0.1, 0.15) is 12.1 Å². The molecule has 7 nitrogen and oxygen atoms in total. The summed E-state index contributed by atoms with van der Waals surface area (Å²) in [5, 5.41) is 19.4. The minimum absolute atomic E-state index is 0.00736. The van der Waals surface area contributed by atoms with Crippen LogP contribution >= 0.6 is 11.6 Å². The third kappa shape index (κ3) is 4.88. The Labute approximate surface area is 125 Å². The SMILES string of the molecule is O=C(O)CCc1cn(CC(=O)Nc2cccc(Cl)c2)nn1. The van der Waals surface area contributed by atoms with E-state index in [-0.39, 0.29) is 25.3 Å². The fraction of sp³-hybridized carbons (Fsp3) is 0.231. The second-order valence-electron chi connectivity index (χ2n) is 4.36. The number of carbonyl (C=O) groups excluding carboxylic acids is 1. The summed E-state index contributed by atoms with van der Waals surface area (Å²) in [7, 11) is 0. The van der Waals surface area contributed by atoms with E-state index >= 15 is 0 Å². The molecule has 0 unspecified atom stereocenters. The summed E-state index contributed by atoms with van der Waals surface area (Å²) in [5.74, 6) is -1.17. The maximum absolute atomic E-state index is 11.8. The van der Waals surface area contributed by atoms with Gasteiger partial charge in [-0.25, -0.2) is 4.68 Å². The number of hydrogen-bond acceptors (Lipinski definition) is 4. The lowest BCUT2D eigenvalue weighted by molar-refractivity contribution is -0.137. The molecule has 0 spiro atoms. The lowest BCUT2D eigenvalue weighted by atomic mass is 10.2. The molecule has 0 radical (unpaired) electrons. The lowest BCUT2D eigenvalue weighted by Gasteiger charge is -2.04. The topological polar surface area (TPSA) is 97.1 Å². The Balaban J connectivity index is 1.89. The van der Waals surface area contributed by atoms with Crippen molar-refractivity contribution >= 4 is 29.2 Å². The Morgan fingerprint density at radius 2 is 2.19 bits per heavy atom. The summed E-state index contributed by atoms with van der Waals surface area (Å²) in [4.78, 5) is 22.3. The van der Waals surface area contributed by atoms with E-state index in [0.717, 1.165) is 0 Å². The summed E-state index contributed by atoms with van der Waals surface area (Å²) in [5.41, 5.74) is 1.13. The fourth-order valence-electron chi connectivity index (χ4n) is 1.68. The molecular formula is C13H13ClN4O3. The highest BCUT2D eigenvalue weighted by Gasteiger charge is 2.08. The van der Waals surface area contributed by atoms with Crippen molar-refractivity contribution in [1.29, 1.82) is 0 Å². The molecule has 110 valence electrons. The van der Waals surface area contributed by atoms with Gasteiger partial charge in [0.15, 0.2) is 0 Å². The number of halogens is 1. The number of hydrogen-bond donors (Lipinski definition) is 2. The highest BCUT2D eigenvalue weighted by atomic mass is 35.5. The van der Waals surface area contributed by atoms with Crippen molar-refractivity contribution in [2.75, 3.05) is 5.32 Å². The molecule has 2 N–H and O–H groups in total. The van der Waals surface area contributed by atoms with Crippen molar-refractivity contribution in [1.82, 2.24) is 15.0 Å². The first-order valence-electron chi connectivity index (χ1n) is 6.19. The van der Waals surface area contributed by atoms with Gasteiger partial charge in [0.2, 0.25) is 5.91 Å². The van der Waals surface area contributed by atoms with E-state index in [0.29, 0.717) is 16.4 Å². The second-order valence-corrected chi connectivity index (χ2v) is 4.80. The highest BCUT2D eigenvalue weighted by molar-refractivity contribution is 6.30. The Kier molecular flexibility index (Phi) is 4.89. The molecule has 1 heterocycles. The number of carboxylic acid groups (broad SMARTS) is 1. The molecule has 0 aliphatic heterocycles. The van der Waals surface area contributed by atoms with E-state index in [2.05, 4.69) is 15.6 Å². The van der Waals surface area contributed by atoms with Gasteiger partial charge in [0, 0.05) is 23.3 Å². The van der Waals surface area contributed by atoms with Gasteiger partial charge in [-0.2, -0.15) is 0 Å². The van der Waals surface area contributed by atoms with Crippen molar-refractivity contribution in [3.63, 3.8) is 0 Å². The van der Waals surface area contributed by atoms with Crippen LogP contribution < -0.4 is 5.32 Å². The first-order chi connectivity index (χ1) is 10.0. The first-order valence-corrected chi connectivity index (χ1v) is 6.57. The molecule has 1 aromatic carbocycles. The molecule has 0 bridgehead atoms. The van der Waals surface area contributed by atoms with Crippen molar-refractivity contribution in [3.05, 3.63) is 41.2 Å². The van der Waals surface area contributed by atoms with Crippen LogP contribution in [0.15, 0.2) is 30.5 Å². The Morgan fingerprint density at radius 1 is 1.38 bits per heavy atom. The third-order valence-corrected chi connectivity index (χ3v) is 2.83. The van der Waals surface area contributed by atoms with Gasteiger partial charge >= 0.3 is 5.97 Å². The van der Waals surface area contributed by atoms with Gasteiger partial charge in [-0.1, -0.05) is 22.9 Å². The maximum atomic E-state index is 11.8. The molecule has 2 aromatic rings. The number of nitrogens with zero attached hydrogens (tertiary/aromatic N) is 3. The standard InChI is InChI=1S/C13H13ClN4O3/c14-9-2-1-3-10(6-9)15-12(19)8-18-7-11(16-17-18)4-5-13(20)21/h1-3,6-7H,4-5,8H2,(H,15,19)(H,20,21). The number of aliphatic carboxylic acids is 1. The number of aryl methyl sites for hydroxylation is 1. The minimum Gasteiger partial charge on any atom is -0.481 e. The molecule has 1 aromatic heterocycles. The van der Waals surface area contributed by atoms with Gasteiger partial charge in [0.25, 0.3) is 0 Å². The van der Waals surface area contributed by atoms with Crippen LogP contribution in [0.3, 0.4) is 0 Å². The quantitative estimate of drug-likeness (QED) is 0.844. The molecule has 21 heavy (non-hydrogen) atoms. The Hall–Kier alpha value is -2.41. The van der Waals surface area contributed by atoms with Gasteiger partial charge in [0.1, 0.15) is 6.54 Å². The lowest BCUT2D eigenvalue weighted by Crippen LogP contribution is -2.19. The first kappa shape index (κ1) is 15.0. The number of carbonyl (C=O) groups is 2. The second kappa shape index (κ2) is 6.85. The summed E-state index contributed by atoms with van der Waals surface area (Å²) in [6.45, 7) is -0.00736. The minimum atomic E-state index is -0.900. The van der Waals surface area contributed by atoms with E-state index in [1.165, 1.54) is 4.68 Å². The van der Waals surface area contributed by atoms with Crippen LogP contribution in [0, 0.1) is 0 Å². The van der Waals surface area contributed by atoms with Gasteiger partial charge < -0.3 is 10.4 Å². The van der Waals surface area contributed by atoms with Crippen LogP contribution in [0.5, 0.6) is 0 Å². The normalized spacial score (nSPS) is 10.3. The third-order valence-electron chi connectivity index (χ3n) is 2.60. The highest BCUT2D eigenvalue weighted by Crippen LogP contribution is 2.14. The van der Waals surface area contributed by atoms with E-state index in [4.69, 9.17) is 16.7 Å². The van der Waals surface area contributed by atoms with Crippen molar-refractivity contribution in [2.24, 2.45) is 0 Å². The van der Waals surface area contributed by atoms with Crippen LogP contribution in [0.2, 0.25) is 5.02 Å². The molecule has 2 rings (SSSR count). The van der Waals surface area contributed by atoms with Crippen LogP contribution in [-0.4, -0.2) is 32.0 Å². The molecule has 0 saturated carbocycles. The summed E-state index contributed by atoms with van der Waals surface area (Å²) >= 11 is 5.83. The molecule has 1 amide bonds. The van der Waals surface area contributed by atoms with Crippen molar-refractivity contribution in [2.45, 2.75) is 19.4 Å². The summed E-state index contributed by atoms with van der Waals surface area (Å²) in [6.07, 6.45) is 1.82. The van der Waals surface area contributed by atoms with E-state index < -0.39 is 5.97 Å². The number of aromatic nitrogens is 3. The van der Waals surface area contributed by atoms with Crippen molar-refractivity contribution in [3.8, 4) is 0 Å². The Bertz CT molecular complexity index is 656. The number of benzene rings is 1. The van der Waals surface area contributed by atoms with E-state index in [1.807, 2.05) is 0 Å². The Morgan fingerprint density at radius 3 is 2.90 bits per heavy atom. The predicted octanol–water partition coefficient (Wildman–Crippen LogP) is 1.59. The summed E-state index contributed by atoms with van der Waals surface area (Å²) in [6, 6.07) is 6.81. The van der Waals surface area contributed by atoms with Crippen LogP contribution in [0.4, 0.5) is 5.69 Å². The fourth-order valence-corrected chi connectivity index (χ4v) is 1.87. The number of rotatable bonds is 6. The van der Waals surface area contributed by atoms with Gasteiger partial charge in [-0.15, -0.1) is 5.10 Å². The van der Waals surface area contributed by atoms with Crippen LogP contribution in [0.25, 0.3) is 0 Å². The molecular weight excluding hydrogens is 296 g/mol. The largest absolute Gasteiger partial charge is 0.481 e. The average Bonchev–Trinajstić information content (AvgIpc) is 2.83. The van der Waals surface area contributed by atoms with Gasteiger partial charge in [-0.3, -0.25) is 9.59 Å².